The van der Waals surface area contributed by atoms with E-state index < -0.39 is 26.5 Å². The number of aliphatic hydroxyl groups is 1. The fourth-order valence-corrected chi connectivity index (χ4v) is 39.3. The van der Waals surface area contributed by atoms with Gasteiger partial charge < -0.3 is 0 Å². The van der Waals surface area contributed by atoms with Crippen molar-refractivity contribution < 1.29 is 5.11 Å². The maximum atomic E-state index is 11.6. The summed E-state index contributed by atoms with van der Waals surface area (Å²) < 4.78 is 6.37. The Kier molecular flexibility index (Phi) is 12.6. The Morgan fingerprint density at radius 2 is 1.41 bits per heavy atom. The molecule has 1 unspecified atom stereocenters. The Balaban J connectivity index is 2.60. The molecule has 2 rings (SSSR count). The van der Waals surface area contributed by atoms with E-state index in [0.717, 1.165) is 0 Å². The topological polar surface area (TPSA) is 20.2 Å². The molecule has 0 bridgehead atoms. The van der Waals surface area contributed by atoms with E-state index in [0.29, 0.717) is 5.92 Å². The van der Waals surface area contributed by atoms with Crippen LogP contribution in [-0.2, 0) is 0 Å². The summed E-state index contributed by atoms with van der Waals surface area (Å²) in [4.78, 5) is 0. The van der Waals surface area contributed by atoms with Gasteiger partial charge in [0, 0.05) is 0 Å². The molecule has 1 aliphatic rings. The van der Waals surface area contributed by atoms with Crippen LogP contribution in [0, 0.1) is 5.92 Å². The average Bonchev–Trinajstić information content (AvgIpc) is 2.83. The zero-order valence-electron chi connectivity index (χ0n) is 22.0. The van der Waals surface area contributed by atoms with E-state index >= 15 is 0 Å². The van der Waals surface area contributed by atoms with Gasteiger partial charge in [-0.2, -0.15) is 0 Å². The minimum atomic E-state index is -2.65. The first kappa shape index (κ1) is 28.2. The fourth-order valence-electron chi connectivity index (χ4n) is 6.17. The summed E-state index contributed by atoms with van der Waals surface area (Å²) in [6.07, 6.45) is 16.8. The zero-order valence-corrected chi connectivity index (χ0v) is 25.8. The molecule has 1 aliphatic carbocycles. The van der Waals surface area contributed by atoms with Gasteiger partial charge in [0.1, 0.15) is 0 Å². The van der Waals surface area contributed by atoms with Gasteiger partial charge in [-0.3, -0.25) is 0 Å². The van der Waals surface area contributed by atoms with Gasteiger partial charge in [0.15, 0.2) is 0 Å². The summed E-state index contributed by atoms with van der Waals surface area (Å²) in [6, 6.07) is 11.4. The summed E-state index contributed by atoms with van der Waals surface area (Å²) in [5, 5.41) is 13.2. The molecule has 3 heteroatoms. The Morgan fingerprint density at radius 3 is 1.88 bits per heavy atom. The maximum absolute atomic E-state index is 11.6. The first-order chi connectivity index (χ1) is 15.4. The SMILES string of the molecule is CCC[CH2][Sn]([CH2]CCC)([CH2]CCC)/[C](=C\C(O)C1CCCCC1)[Si](C)(C)c1ccccc1. The van der Waals surface area contributed by atoms with E-state index in [-0.39, 0.29) is 6.10 Å². The Hall–Kier alpha value is -0.0644. The number of rotatable bonds is 14. The molecule has 1 aromatic carbocycles. The third kappa shape index (κ3) is 7.73. The van der Waals surface area contributed by atoms with Gasteiger partial charge in [-0.15, -0.1) is 0 Å². The molecule has 182 valence electrons. The molecular weight excluding hydrogens is 511 g/mol. The second-order valence-corrected chi connectivity index (χ2v) is 30.0. The summed E-state index contributed by atoms with van der Waals surface area (Å²) >= 11 is -2.65. The van der Waals surface area contributed by atoms with Gasteiger partial charge in [0.05, 0.1) is 0 Å². The van der Waals surface area contributed by atoms with Crippen LogP contribution in [0.4, 0.5) is 0 Å². The summed E-state index contributed by atoms with van der Waals surface area (Å²) in [7, 11) is -1.83. The molecule has 1 fully saturated rings. The molecule has 1 aromatic rings. The van der Waals surface area contributed by atoms with Crippen LogP contribution in [0.1, 0.15) is 91.4 Å². The van der Waals surface area contributed by atoms with Crippen molar-refractivity contribution in [1.82, 2.24) is 0 Å². The predicted octanol–water partition coefficient (Wildman–Crippen LogP) is 8.40. The third-order valence-corrected chi connectivity index (χ3v) is 35.4. The predicted molar refractivity (Wildman–Crippen MR) is 149 cm³/mol. The van der Waals surface area contributed by atoms with Crippen molar-refractivity contribution in [3.63, 3.8) is 0 Å². The molecule has 0 amide bonds. The quantitative estimate of drug-likeness (QED) is 0.226. The van der Waals surface area contributed by atoms with Crippen LogP contribution in [0.25, 0.3) is 0 Å². The molecule has 1 atom stereocenters. The van der Waals surface area contributed by atoms with Crippen molar-refractivity contribution in [3.8, 4) is 0 Å². The van der Waals surface area contributed by atoms with Gasteiger partial charge in [0.2, 0.25) is 0 Å². The third-order valence-electron chi connectivity index (χ3n) is 8.24. The number of hydrogen-bond acceptors (Lipinski definition) is 1. The van der Waals surface area contributed by atoms with Crippen LogP contribution in [0.3, 0.4) is 0 Å². The first-order valence-corrected chi connectivity index (χ1v) is 24.4. The van der Waals surface area contributed by atoms with Crippen LogP contribution < -0.4 is 5.19 Å². The number of unbranched alkanes of at least 4 members (excludes halogenated alkanes) is 3. The first-order valence-electron chi connectivity index (χ1n) is 13.9. The summed E-state index contributed by atoms with van der Waals surface area (Å²) in [5.41, 5.74) is 0. The van der Waals surface area contributed by atoms with E-state index in [9.17, 15) is 5.11 Å². The van der Waals surface area contributed by atoms with Gasteiger partial charge in [-0.25, -0.2) is 0 Å². The van der Waals surface area contributed by atoms with Crippen molar-refractivity contribution in [3.05, 3.63) is 39.6 Å². The van der Waals surface area contributed by atoms with E-state index in [1.807, 2.05) is 3.21 Å². The van der Waals surface area contributed by atoms with E-state index in [2.05, 4.69) is 70.3 Å². The molecule has 0 spiro atoms. The van der Waals surface area contributed by atoms with Crippen LogP contribution >= 0.6 is 0 Å². The second-order valence-electron chi connectivity index (χ2n) is 11.1. The van der Waals surface area contributed by atoms with Crippen molar-refractivity contribution >= 4 is 31.6 Å². The van der Waals surface area contributed by atoms with Gasteiger partial charge in [0.25, 0.3) is 0 Å². The van der Waals surface area contributed by atoms with Crippen molar-refractivity contribution in [2.45, 2.75) is 124 Å². The number of benzene rings is 1. The van der Waals surface area contributed by atoms with E-state index in [1.54, 1.807) is 5.19 Å². The molecule has 1 nitrogen and oxygen atoms in total. The van der Waals surface area contributed by atoms with Crippen LogP contribution in [-0.4, -0.2) is 37.7 Å². The summed E-state index contributed by atoms with van der Waals surface area (Å²) in [5.74, 6) is 0.492. The molecule has 0 saturated heterocycles. The number of hydrogen-bond donors (Lipinski definition) is 1. The van der Waals surface area contributed by atoms with Crippen LogP contribution in [0.2, 0.25) is 26.4 Å². The van der Waals surface area contributed by atoms with E-state index in [4.69, 9.17) is 0 Å². The summed E-state index contributed by atoms with van der Waals surface area (Å²) in [6.45, 7) is 12.3. The average molecular weight is 564 g/mol. The van der Waals surface area contributed by atoms with Crippen LogP contribution in [0.15, 0.2) is 39.6 Å². The molecule has 0 aliphatic heterocycles. The number of aliphatic hydroxyl groups excluding tert-OH is 1. The minimum absolute atomic E-state index is 0.221. The molecule has 0 radical (unpaired) electrons. The molecule has 1 N–H and O–H groups in total. The molecule has 1 saturated carbocycles. The van der Waals surface area contributed by atoms with Gasteiger partial charge >= 0.3 is 206 Å². The Morgan fingerprint density at radius 1 is 0.906 bits per heavy atom. The van der Waals surface area contributed by atoms with Crippen molar-refractivity contribution in [2.24, 2.45) is 5.92 Å². The van der Waals surface area contributed by atoms with E-state index in [1.165, 1.54) is 83.9 Å². The molecule has 0 aromatic heterocycles. The monoisotopic (exact) mass is 564 g/mol. The Labute approximate surface area is 205 Å². The Bertz CT molecular complexity index is 641. The van der Waals surface area contributed by atoms with Gasteiger partial charge in [-0.1, -0.05) is 0 Å². The molecule has 0 heterocycles. The second kappa shape index (κ2) is 14.4. The van der Waals surface area contributed by atoms with Crippen LogP contribution in [0.5, 0.6) is 0 Å². The normalized spacial score (nSPS) is 17.5. The van der Waals surface area contributed by atoms with Crippen molar-refractivity contribution in [2.75, 3.05) is 0 Å². The standard InChI is InChI=1S/C17H25OSi.3C4H9.Sn/c1-19(2,16-11-7-4-8-12-16)14-13-17(18)15-9-5-3-6-10-15;3*1-3-4-2;/h4,7-8,11-13,15,17-18H,3,5-6,9-10H2,1-2H3;3*1,3-4H2,2H3;. The molecule has 32 heavy (non-hydrogen) atoms. The molecular formula is C29H52OSiSn. The van der Waals surface area contributed by atoms with Crippen molar-refractivity contribution in [1.29, 1.82) is 0 Å². The fraction of sp³-hybridized carbons (Fsp3) is 0.724. The zero-order chi connectivity index (χ0) is 23.5. The van der Waals surface area contributed by atoms with Gasteiger partial charge in [-0.05, 0) is 0 Å².